The normalized spacial score (nSPS) is 16.4. The van der Waals surface area contributed by atoms with Gasteiger partial charge in [-0.25, -0.2) is 0 Å². The molecular formula is C11H13NO2S. The number of hydrogen-bond donors (Lipinski definition) is 1. The summed E-state index contributed by atoms with van der Waals surface area (Å²) in [7, 11) is 0. The second-order valence-corrected chi connectivity index (χ2v) is 4.68. The zero-order chi connectivity index (χ0) is 10.7. The van der Waals surface area contributed by atoms with Gasteiger partial charge in [-0.2, -0.15) is 11.8 Å². The minimum Gasteiger partial charge on any atom is -0.508 e. The predicted octanol–water partition coefficient (Wildman–Crippen LogP) is 1.58. The molecule has 1 amide bonds. The van der Waals surface area contributed by atoms with Gasteiger partial charge in [0.05, 0.1) is 0 Å². The molecule has 0 spiro atoms. The molecule has 3 nitrogen and oxygen atoms in total. The van der Waals surface area contributed by atoms with Gasteiger partial charge in [-0.15, -0.1) is 0 Å². The average Bonchev–Trinajstić information content (AvgIpc) is 2.30. The molecule has 80 valence electrons. The van der Waals surface area contributed by atoms with Crippen molar-refractivity contribution in [1.82, 2.24) is 4.90 Å². The number of carbonyl (C=O) groups is 1. The number of benzene rings is 1. The van der Waals surface area contributed by atoms with Gasteiger partial charge in [-0.3, -0.25) is 4.79 Å². The molecule has 1 aliphatic heterocycles. The van der Waals surface area contributed by atoms with Gasteiger partial charge in [-0.05, 0) is 24.3 Å². The van der Waals surface area contributed by atoms with Crippen LogP contribution >= 0.6 is 11.8 Å². The van der Waals surface area contributed by atoms with Crippen LogP contribution in [0.15, 0.2) is 24.3 Å². The summed E-state index contributed by atoms with van der Waals surface area (Å²) in [6.07, 6.45) is 0. The predicted molar refractivity (Wildman–Crippen MR) is 61.3 cm³/mol. The Morgan fingerprint density at radius 3 is 2.40 bits per heavy atom. The fourth-order valence-electron chi connectivity index (χ4n) is 1.55. The topological polar surface area (TPSA) is 40.5 Å². The minimum atomic E-state index is 0.0651. The van der Waals surface area contributed by atoms with Gasteiger partial charge < -0.3 is 10.0 Å². The van der Waals surface area contributed by atoms with E-state index in [1.54, 1.807) is 24.3 Å². The summed E-state index contributed by atoms with van der Waals surface area (Å²) >= 11 is 1.88. The maximum atomic E-state index is 11.9. The van der Waals surface area contributed by atoms with E-state index in [-0.39, 0.29) is 11.7 Å². The van der Waals surface area contributed by atoms with E-state index in [1.807, 2.05) is 16.7 Å². The van der Waals surface area contributed by atoms with Gasteiger partial charge in [0.2, 0.25) is 0 Å². The Bertz CT molecular complexity index is 344. The second kappa shape index (κ2) is 4.57. The minimum absolute atomic E-state index is 0.0651. The van der Waals surface area contributed by atoms with Crippen LogP contribution in [0.5, 0.6) is 5.75 Å². The number of amides is 1. The van der Waals surface area contributed by atoms with Gasteiger partial charge in [0.1, 0.15) is 5.75 Å². The van der Waals surface area contributed by atoms with Crippen molar-refractivity contribution in [3.63, 3.8) is 0 Å². The van der Waals surface area contributed by atoms with Crippen LogP contribution in [-0.2, 0) is 0 Å². The van der Waals surface area contributed by atoms with Crippen LogP contribution in [-0.4, -0.2) is 40.5 Å². The Balaban J connectivity index is 2.09. The highest BCUT2D eigenvalue weighted by Gasteiger charge is 2.17. The summed E-state index contributed by atoms with van der Waals surface area (Å²) in [4.78, 5) is 13.8. The van der Waals surface area contributed by atoms with Gasteiger partial charge in [-0.1, -0.05) is 0 Å². The third-order valence-electron chi connectivity index (χ3n) is 2.41. The lowest BCUT2D eigenvalue weighted by molar-refractivity contribution is 0.0772. The van der Waals surface area contributed by atoms with Crippen LogP contribution < -0.4 is 0 Å². The van der Waals surface area contributed by atoms with E-state index in [2.05, 4.69) is 0 Å². The van der Waals surface area contributed by atoms with Gasteiger partial charge in [0.15, 0.2) is 0 Å². The third kappa shape index (κ3) is 2.45. The highest BCUT2D eigenvalue weighted by Crippen LogP contribution is 2.15. The Labute approximate surface area is 93.1 Å². The fourth-order valence-corrected chi connectivity index (χ4v) is 2.46. The van der Waals surface area contributed by atoms with Crippen molar-refractivity contribution in [1.29, 1.82) is 0 Å². The number of hydrogen-bond acceptors (Lipinski definition) is 3. The lowest BCUT2D eigenvalue weighted by Crippen LogP contribution is -2.37. The zero-order valence-corrected chi connectivity index (χ0v) is 9.17. The second-order valence-electron chi connectivity index (χ2n) is 3.45. The molecule has 0 aliphatic carbocycles. The SMILES string of the molecule is O=C(c1ccc(O)cc1)N1CCSCC1. The lowest BCUT2D eigenvalue weighted by atomic mass is 10.2. The third-order valence-corrected chi connectivity index (χ3v) is 3.36. The summed E-state index contributed by atoms with van der Waals surface area (Å²) in [5.74, 6) is 2.30. The first-order chi connectivity index (χ1) is 7.27. The average molecular weight is 223 g/mol. The quantitative estimate of drug-likeness (QED) is 0.786. The molecule has 1 aliphatic rings. The summed E-state index contributed by atoms with van der Waals surface area (Å²) in [6, 6.07) is 6.43. The van der Waals surface area contributed by atoms with Crippen molar-refractivity contribution >= 4 is 17.7 Å². The molecular weight excluding hydrogens is 210 g/mol. The molecule has 1 aromatic rings. The summed E-state index contributed by atoms with van der Waals surface area (Å²) in [6.45, 7) is 1.65. The molecule has 0 saturated carbocycles. The molecule has 0 atom stereocenters. The van der Waals surface area contributed by atoms with Crippen LogP contribution in [0.3, 0.4) is 0 Å². The Kier molecular flexibility index (Phi) is 3.16. The van der Waals surface area contributed by atoms with Crippen LogP contribution in [0.2, 0.25) is 0 Å². The molecule has 1 saturated heterocycles. The molecule has 0 aromatic heterocycles. The van der Waals surface area contributed by atoms with Crippen molar-refractivity contribution in [2.24, 2.45) is 0 Å². The number of phenols is 1. The Hall–Kier alpha value is -1.16. The highest BCUT2D eigenvalue weighted by atomic mass is 32.2. The number of thioether (sulfide) groups is 1. The fraction of sp³-hybridized carbons (Fsp3) is 0.364. The first kappa shape index (κ1) is 10.4. The van der Waals surface area contributed by atoms with Crippen molar-refractivity contribution < 1.29 is 9.90 Å². The lowest BCUT2D eigenvalue weighted by Gasteiger charge is -2.26. The monoisotopic (exact) mass is 223 g/mol. The maximum Gasteiger partial charge on any atom is 0.253 e. The van der Waals surface area contributed by atoms with Crippen LogP contribution in [0.4, 0.5) is 0 Å². The zero-order valence-electron chi connectivity index (χ0n) is 8.35. The number of phenolic OH excluding ortho intramolecular Hbond substituents is 1. The summed E-state index contributed by atoms with van der Waals surface area (Å²) in [5.41, 5.74) is 0.653. The van der Waals surface area contributed by atoms with Crippen LogP contribution in [0.25, 0.3) is 0 Å². The molecule has 15 heavy (non-hydrogen) atoms. The summed E-state index contributed by atoms with van der Waals surface area (Å²) in [5, 5.41) is 9.12. The van der Waals surface area contributed by atoms with Gasteiger partial charge >= 0.3 is 0 Å². The van der Waals surface area contributed by atoms with E-state index >= 15 is 0 Å². The van der Waals surface area contributed by atoms with Gasteiger partial charge in [0, 0.05) is 30.2 Å². The molecule has 1 fully saturated rings. The maximum absolute atomic E-state index is 11.9. The van der Waals surface area contributed by atoms with Crippen molar-refractivity contribution in [3.05, 3.63) is 29.8 Å². The highest BCUT2D eigenvalue weighted by molar-refractivity contribution is 7.99. The molecule has 0 unspecified atom stereocenters. The number of rotatable bonds is 1. The molecule has 1 N–H and O–H groups in total. The standard InChI is InChI=1S/C11H13NO2S/c13-10-3-1-9(2-4-10)11(14)12-5-7-15-8-6-12/h1-4,13H,5-8H2. The van der Waals surface area contributed by atoms with Crippen LogP contribution in [0, 0.1) is 0 Å². The van der Waals surface area contributed by atoms with Crippen molar-refractivity contribution in [2.75, 3.05) is 24.6 Å². The molecule has 2 rings (SSSR count). The molecule has 1 heterocycles. The van der Waals surface area contributed by atoms with E-state index in [4.69, 9.17) is 5.11 Å². The molecule has 1 aromatic carbocycles. The van der Waals surface area contributed by atoms with E-state index in [0.717, 1.165) is 24.6 Å². The first-order valence-corrected chi connectivity index (χ1v) is 6.09. The van der Waals surface area contributed by atoms with Crippen LogP contribution in [0.1, 0.15) is 10.4 Å². The first-order valence-electron chi connectivity index (χ1n) is 4.93. The number of carbonyl (C=O) groups excluding carboxylic acids is 1. The van der Waals surface area contributed by atoms with E-state index in [1.165, 1.54) is 0 Å². The largest absolute Gasteiger partial charge is 0.508 e. The summed E-state index contributed by atoms with van der Waals surface area (Å²) < 4.78 is 0. The van der Waals surface area contributed by atoms with Crippen molar-refractivity contribution in [2.45, 2.75) is 0 Å². The van der Waals surface area contributed by atoms with E-state index < -0.39 is 0 Å². The smallest absolute Gasteiger partial charge is 0.253 e. The van der Waals surface area contributed by atoms with E-state index in [0.29, 0.717) is 5.56 Å². The molecule has 0 bridgehead atoms. The Morgan fingerprint density at radius 1 is 1.20 bits per heavy atom. The van der Waals surface area contributed by atoms with Crippen molar-refractivity contribution in [3.8, 4) is 5.75 Å². The number of aromatic hydroxyl groups is 1. The molecule has 4 heteroatoms. The van der Waals surface area contributed by atoms with E-state index in [9.17, 15) is 4.79 Å². The Morgan fingerprint density at radius 2 is 1.80 bits per heavy atom. The van der Waals surface area contributed by atoms with Gasteiger partial charge in [0.25, 0.3) is 5.91 Å². The molecule has 0 radical (unpaired) electrons. The number of nitrogens with zero attached hydrogens (tertiary/aromatic N) is 1.